The minimum absolute atomic E-state index is 0.00256. The highest BCUT2D eigenvalue weighted by molar-refractivity contribution is 6.03. The van der Waals surface area contributed by atoms with Crippen molar-refractivity contribution in [1.29, 1.82) is 0 Å². The van der Waals surface area contributed by atoms with Crippen molar-refractivity contribution in [3.63, 3.8) is 0 Å². The van der Waals surface area contributed by atoms with Gasteiger partial charge in [0.1, 0.15) is 29.8 Å². The standard InChI is InChI=1S/C21H33F2N9O3/c22-12-7-27-19-16(18(24)29-32(19)11-12)20(33)28-14-9-26-8-13(23)17(14)30-2-4-31(5-3-30)21(34)15-10-25-1-6-35-15/h12-15,17,25-27H,1-11H2,(H2,24,29)(H,28,33). The number of amides is 2. The summed E-state index contributed by atoms with van der Waals surface area (Å²) >= 11 is 0. The topological polar surface area (TPSA) is 142 Å². The molecule has 4 aliphatic heterocycles. The number of piperazine rings is 1. The van der Waals surface area contributed by atoms with E-state index in [0.29, 0.717) is 51.7 Å². The van der Waals surface area contributed by atoms with Crippen LogP contribution in [0.4, 0.5) is 20.4 Å². The van der Waals surface area contributed by atoms with Gasteiger partial charge in [-0.25, -0.2) is 13.5 Å². The van der Waals surface area contributed by atoms with Crippen molar-refractivity contribution in [2.45, 2.75) is 37.1 Å². The number of hydrogen-bond donors (Lipinski definition) is 5. The SMILES string of the molecule is Nc1nn2c(c1C(=O)NC1CNCC(F)C1N1CCN(C(=O)C3CNCCO3)CC1)NCC(F)C2. The number of nitrogen functional groups attached to an aromatic ring is 1. The monoisotopic (exact) mass is 497 g/mol. The number of nitrogens with two attached hydrogens (primary N) is 1. The van der Waals surface area contributed by atoms with Gasteiger partial charge in [-0.3, -0.25) is 14.5 Å². The second-order valence-electron chi connectivity index (χ2n) is 9.44. The summed E-state index contributed by atoms with van der Waals surface area (Å²) in [6.07, 6.45) is -2.81. The first kappa shape index (κ1) is 24.2. The zero-order chi connectivity index (χ0) is 24.5. The van der Waals surface area contributed by atoms with Crippen molar-refractivity contribution in [2.24, 2.45) is 0 Å². The van der Waals surface area contributed by atoms with E-state index in [-0.39, 0.29) is 36.9 Å². The van der Waals surface area contributed by atoms with E-state index in [2.05, 4.69) is 26.4 Å². The minimum atomic E-state index is -1.20. The number of fused-ring (bicyclic) bond motifs is 1. The number of anilines is 2. The Bertz CT molecular complexity index is 933. The number of hydrogen-bond acceptors (Lipinski definition) is 9. The number of halogens is 2. The van der Waals surface area contributed by atoms with Gasteiger partial charge in [-0.15, -0.1) is 0 Å². The Morgan fingerprint density at radius 2 is 1.89 bits per heavy atom. The highest BCUT2D eigenvalue weighted by atomic mass is 19.1. The number of rotatable bonds is 4. The van der Waals surface area contributed by atoms with Gasteiger partial charge in [-0.1, -0.05) is 0 Å². The van der Waals surface area contributed by atoms with E-state index < -0.39 is 36.4 Å². The third-order valence-corrected chi connectivity index (χ3v) is 7.12. The van der Waals surface area contributed by atoms with Gasteiger partial charge in [0.25, 0.3) is 11.8 Å². The second-order valence-corrected chi connectivity index (χ2v) is 9.44. The fraction of sp³-hybridized carbons (Fsp3) is 0.762. The Morgan fingerprint density at radius 1 is 1.09 bits per heavy atom. The summed E-state index contributed by atoms with van der Waals surface area (Å²) in [6, 6.07) is -1.08. The smallest absolute Gasteiger partial charge is 0.259 e. The van der Waals surface area contributed by atoms with Crippen molar-refractivity contribution >= 4 is 23.5 Å². The highest BCUT2D eigenvalue weighted by Gasteiger charge is 2.41. The zero-order valence-corrected chi connectivity index (χ0v) is 19.5. The predicted molar refractivity (Wildman–Crippen MR) is 124 cm³/mol. The molecule has 5 unspecified atom stereocenters. The van der Waals surface area contributed by atoms with Crippen LogP contribution < -0.4 is 27.0 Å². The molecule has 3 saturated heterocycles. The highest BCUT2D eigenvalue weighted by Crippen LogP contribution is 2.27. The van der Waals surface area contributed by atoms with Crippen LogP contribution in [0.2, 0.25) is 0 Å². The molecule has 5 atom stereocenters. The van der Waals surface area contributed by atoms with Crippen LogP contribution in [-0.2, 0) is 16.1 Å². The first-order chi connectivity index (χ1) is 16.9. The molecular weight excluding hydrogens is 464 g/mol. The molecule has 4 aliphatic rings. The fourth-order valence-electron chi connectivity index (χ4n) is 5.37. The molecule has 5 heterocycles. The van der Waals surface area contributed by atoms with Crippen LogP contribution in [0.1, 0.15) is 10.4 Å². The average Bonchev–Trinajstić information content (AvgIpc) is 3.19. The average molecular weight is 498 g/mol. The fourth-order valence-corrected chi connectivity index (χ4v) is 5.37. The van der Waals surface area contributed by atoms with E-state index in [9.17, 15) is 14.0 Å². The third kappa shape index (κ3) is 4.92. The summed E-state index contributed by atoms with van der Waals surface area (Å²) in [5, 5.41) is 16.1. The molecule has 0 aliphatic carbocycles. The van der Waals surface area contributed by atoms with E-state index in [4.69, 9.17) is 10.5 Å². The summed E-state index contributed by atoms with van der Waals surface area (Å²) in [5.41, 5.74) is 6.12. The molecule has 14 heteroatoms. The summed E-state index contributed by atoms with van der Waals surface area (Å²) in [7, 11) is 0. The molecule has 194 valence electrons. The molecule has 1 aromatic heterocycles. The largest absolute Gasteiger partial charge is 0.381 e. The molecule has 35 heavy (non-hydrogen) atoms. The lowest BCUT2D eigenvalue weighted by molar-refractivity contribution is -0.147. The molecule has 0 saturated carbocycles. The molecule has 3 fully saturated rings. The van der Waals surface area contributed by atoms with E-state index >= 15 is 4.39 Å². The van der Waals surface area contributed by atoms with Crippen molar-refractivity contribution < 1.29 is 23.1 Å². The Hall–Kier alpha value is -2.55. The molecular formula is C21H33F2N9O3. The van der Waals surface area contributed by atoms with Gasteiger partial charge < -0.3 is 36.6 Å². The molecule has 1 aromatic rings. The van der Waals surface area contributed by atoms with Gasteiger partial charge in [0.2, 0.25) is 0 Å². The van der Waals surface area contributed by atoms with Gasteiger partial charge >= 0.3 is 0 Å². The van der Waals surface area contributed by atoms with Crippen LogP contribution in [-0.4, -0.2) is 127 Å². The second kappa shape index (κ2) is 10.2. The summed E-state index contributed by atoms with van der Waals surface area (Å²) < 4.78 is 35.8. The normalized spacial score (nSPS) is 31.9. The first-order valence-corrected chi connectivity index (χ1v) is 12.2. The third-order valence-electron chi connectivity index (χ3n) is 7.12. The van der Waals surface area contributed by atoms with E-state index in [0.717, 1.165) is 6.54 Å². The van der Waals surface area contributed by atoms with Gasteiger partial charge in [0, 0.05) is 58.9 Å². The van der Waals surface area contributed by atoms with E-state index in [1.54, 1.807) is 4.90 Å². The quantitative estimate of drug-likeness (QED) is 0.312. The maximum Gasteiger partial charge on any atom is 0.259 e. The Morgan fingerprint density at radius 3 is 2.63 bits per heavy atom. The molecule has 12 nitrogen and oxygen atoms in total. The van der Waals surface area contributed by atoms with E-state index in [1.165, 1.54) is 4.68 Å². The number of alkyl halides is 2. The number of ether oxygens (including phenoxy) is 1. The van der Waals surface area contributed by atoms with Crippen LogP contribution >= 0.6 is 0 Å². The number of carbonyl (C=O) groups is 2. The van der Waals surface area contributed by atoms with Crippen molar-refractivity contribution in [1.82, 2.24) is 35.5 Å². The first-order valence-electron chi connectivity index (χ1n) is 12.2. The molecule has 5 rings (SSSR count). The van der Waals surface area contributed by atoms with Gasteiger partial charge in [0.15, 0.2) is 5.82 Å². The van der Waals surface area contributed by atoms with Gasteiger partial charge in [-0.2, -0.15) is 5.10 Å². The molecule has 0 spiro atoms. The Kier molecular flexibility index (Phi) is 7.05. The van der Waals surface area contributed by atoms with Crippen LogP contribution in [0.15, 0.2) is 0 Å². The molecule has 0 bridgehead atoms. The molecule has 6 N–H and O–H groups in total. The number of morpholine rings is 1. The maximum absolute atomic E-state index is 15.2. The molecule has 0 aromatic carbocycles. The maximum atomic E-state index is 15.2. The summed E-state index contributed by atoms with van der Waals surface area (Å²) in [6.45, 7) is 4.32. The van der Waals surface area contributed by atoms with Gasteiger partial charge in [0.05, 0.1) is 25.2 Å². The number of carbonyl (C=O) groups excluding carboxylic acids is 2. The van der Waals surface area contributed by atoms with Crippen molar-refractivity contribution in [3.8, 4) is 0 Å². The van der Waals surface area contributed by atoms with Crippen molar-refractivity contribution in [2.75, 3.05) is 76.6 Å². The summed E-state index contributed by atoms with van der Waals surface area (Å²) in [4.78, 5) is 29.7. The van der Waals surface area contributed by atoms with Crippen molar-refractivity contribution in [3.05, 3.63) is 5.56 Å². The van der Waals surface area contributed by atoms with Crippen LogP contribution in [0, 0.1) is 0 Å². The van der Waals surface area contributed by atoms with E-state index in [1.807, 2.05) is 4.90 Å². The Balaban J connectivity index is 1.24. The van der Waals surface area contributed by atoms with Gasteiger partial charge in [-0.05, 0) is 0 Å². The lowest BCUT2D eigenvalue weighted by Crippen LogP contribution is -2.67. The summed E-state index contributed by atoms with van der Waals surface area (Å²) in [5.74, 6) is -0.149. The molecule has 0 radical (unpaired) electrons. The zero-order valence-electron chi connectivity index (χ0n) is 19.5. The Labute approximate surface area is 201 Å². The predicted octanol–water partition coefficient (Wildman–Crippen LogP) is -2.23. The number of nitrogens with one attached hydrogen (secondary N) is 4. The lowest BCUT2D eigenvalue weighted by atomic mass is 9.96. The van der Waals surface area contributed by atoms with Crippen LogP contribution in [0.25, 0.3) is 0 Å². The molecule has 2 amide bonds. The van der Waals surface area contributed by atoms with Crippen LogP contribution in [0.5, 0.6) is 0 Å². The number of piperidine rings is 1. The number of aromatic nitrogens is 2. The minimum Gasteiger partial charge on any atom is -0.381 e. The van der Waals surface area contributed by atoms with Crippen LogP contribution in [0.3, 0.4) is 0 Å². The number of nitrogens with zero attached hydrogens (tertiary/aromatic N) is 4. The lowest BCUT2D eigenvalue weighted by Gasteiger charge is -2.46.